The van der Waals surface area contributed by atoms with E-state index in [2.05, 4.69) is 37.9 Å². The van der Waals surface area contributed by atoms with Gasteiger partial charge in [0.1, 0.15) is 0 Å². The van der Waals surface area contributed by atoms with Gasteiger partial charge in [-0.05, 0) is 42.5 Å². The first kappa shape index (κ1) is 12.0. The second kappa shape index (κ2) is 6.39. The Morgan fingerprint density at radius 1 is 1.27 bits per heavy atom. The van der Waals surface area contributed by atoms with E-state index in [0.29, 0.717) is 0 Å². The van der Waals surface area contributed by atoms with Crippen molar-refractivity contribution in [3.8, 4) is 0 Å². The Labute approximate surface area is 93.2 Å². The molecule has 1 aromatic heterocycles. The van der Waals surface area contributed by atoms with Crippen molar-refractivity contribution in [1.82, 2.24) is 4.98 Å². The van der Waals surface area contributed by atoms with Gasteiger partial charge in [-0.2, -0.15) is 0 Å². The van der Waals surface area contributed by atoms with Gasteiger partial charge in [0.25, 0.3) is 0 Å². The van der Waals surface area contributed by atoms with Gasteiger partial charge in [0.2, 0.25) is 0 Å². The number of hydrogen-bond donors (Lipinski definition) is 0. The summed E-state index contributed by atoms with van der Waals surface area (Å²) in [5.74, 6) is 0. The van der Waals surface area contributed by atoms with Crippen LogP contribution in [0.4, 0.5) is 0 Å². The molecule has 0 saturated heterocycles. The lowest BCUT2D eigenvalue weighted by atomic mass is 10.0. The quantitative estimate of drug-likeness (QED) is 0.692. The first-order chi connectivity index (χ1) is 7.27. The molecular formula is C14H21N. The lowest BCUT2D eigenvalue weighted by Gasteiger charge is -2.06. The molecule has 0 spiro atoms. The average molecular weight is 203 g/mol. The molecule has 0 fully saturated rings. The van der Waals surface area contributed by atoms with Gasteiger partial charge in [-0.25, -0.2) is 0 Å². The second-order valence-electron chi connectivity index (χ2n) is 4.02. The van der Waals surface area contributed by atoms with Crippen LogP contribution in [0.3, 0.4) is 0 Å². The SMILES string of the molecule is CCCC=C(CCC)c1cncc(C)c1. The van der Waals surface area contributed by atoms with Crippen molar-refractivity contribution in [3.63, 3.8) is 0 Å². The summed E-state index contributed by atoms with van der Waals surface area (Å²) in [5, 5.41) is 0. The van der Waals surface area contributed by atoms with E-state index in [-0.39, 0.29) is 0 Å². The molecule has 1 nitrogen and oxygen atoms in total. The Kier molecular flexibility index (Phi) is 5.09. The van der Waals surface area contributed by atoms with E-state index < -0.39 is 0 Å². The fourth-order valence-corrected chi connectivity index (χ4v) is 1.68. The molecule has 1 heterocycles. The molecule has 0 radical (unpaired) electrons. The highest BCUT2D eigenvalue weighted by molar-refractivity contribution is 5.65. The van der Waals surface area contributed by atoms with E-state index in [9.17, 15) is 0 Å². The van der Waals surface area contributed by atoms with Gasteiger partial charge < -0.3 is 0 Å². The highest BCUT2D eigenvalue weighted by Crippen LogP contribution is 2.20. The zero-order valence-corrected chi connectivity index (χ0v) is 10.1. The Balaban J connectivity index is 2.88. The molecule has 1 aromatic rings. The van der Waals surface area contributed by atoms with Gasteiger partial charge in [0, 0.05) is 12.4 Å². The Bertz CT molecular complexity index is 326. The summed E-state index contributed by atoms with van der Waals surface area (Å²) >= 11 is 0. The van der Waals surface area contributed by atoms with Crippen LogP contribution in [0.5, 0.6) is 0 Å². The van der Waals surface area contributed by atoms with Crippen LogP contribution in [0.25, 0.3) is 5.57 Å². The number of aryl methyl sites for hydroxylation is 1. The molecule has 1 heteroatoms. The van der Waals surface area contributed by atoms with Crippen LogP contribution in [-0.2, 0) is 0 Å². The van der Waals surface area contributed by atoms with Crippen LogP contribution < -0.4 is 0 Å². The van der Waals surface area contributed by atoms with Crippen molar-refractivity contribution in [2.45, 2.75) is 46.5 Å². The maximum atomic E-state index is 4.25. The second-order valence-corrected chi connectivity index (χ2v) is 4.02. The largest absolute Gasteiger partial charge is 0.264 e. The number of aromatic nitrogens is 1. The average Bonchev–Trinajstić information content (AvgIpc) is 2.24. The van der Waals surface area contributed by atoms with E-state index in [1.165, 1.54) is 36.0 Å². The fraction of sp³-hybridized carbons (Fsp3) is 0.500. The third-order valence-electron chi connectivity index (χ3n) is 2.44. The molecule has 0 unspecified atom stereocenters. The summed E-state index contributed by atoms with van der Waals surface area (Å²) in [6, 6.07) is 2.23. The molecule has 15 heavy (non-hydrogen) atoms. The van der Waals surface area contributed by atoms with Gasteiger partial charge in [-0.1, -0.05) is 32.8 Å². The molecule has 0 saturated carbocycles. The molecular weight excluding hydrogens is 182 g/mol. The molecule has 0 aliphatic heterocycles. The van der Waals surface area contributed by atoms with Crippen LogP contribution in [-0.4, -0.2) is 4.98 Å². The molecule has 0 atom stereocenters. The Morgan fingerprint density at radius 2 is 2.07 bits per heavy atom. The Hall–Kier alpha value is -1.11. The van der Waals surface area contributed by atoms with Gasteiger partial charge >= 0.3 is 0 Å². The highest BCUT2D eigenvalue weighted by Gasteiger charge is 2.00. The van der Waals surface area contributed by atoms with Crippen molar-refractivity contribution < 1.29 is 0 Å². The van der Waals surface area contributed by atoms with E-state index in [1.807, 2.05) is 12.4 Å². The summed E-state index contributed by atoms with van der Waals surface area (Å²) in [6.07, 6.45) is 11.0. The maximum absolute atomic E-state index is 4.25. The zero-order valence-electron chi connectivity index (χ0n) is 10.1. The molecule has 0 bridgehead atoms. The summed E-state index contributed by atoms with van der Waals surface area (Å²) in [7, 11) is 0. The van der Waals surface area contributed by atoms with Crippen molar-refractivity contribution in [2.75, 3.05) is 0 Å². The van der Waals surface area contributed by atoms with Crippen LogP contribution in [0.2, 0.25) is 0 Å². The lowest BCUT2D eigenvalue weighted by Crippen LogP contribution is -1.88. The van der Waals surface area contributed by atoms with E-state index in [1.54, 1.807) is 0 Å². The summed E-state index contributed by atoms with van der Waals surface area (Å²) < 4.78 is 0. The summed E-state index contributed by atoms with van der Waals surface area (Å²) in [4.78, 5) is 4.25. The van der Waals surface area contributed by atoms with Crippen LogP contribution >= 0.6 is 0 Å². The Morgan fingerprint density at radius 3 is 2.67 bits per heavy atom. The monoisotopic (exact) mass is 203 g/mol. The minimum atomic E-state index is 1.16. The number of nitrogens with zero attached hydrogens (tertiary/aromatic N) is 1. The van der Waals surface area contributed by atoms with Crippen molar-refractivity contribution in [2.24, 2.45) is 0 Å². The van der Waals surface area contributed by atoms with Crippen molar-refractivity contribution >= 4 is 5.57 Å². The standard InChI is InChI=1S/C14H21N/c1-4-6-8-13(7-5-2)14-9-12(3)10-15-11-14/h8-11H,4-7H2,1-3H3. The van der Waals surface area contributed by atoms with Crippen LogP contribution in [0.15, 0.2) is 24.5 Å². The first-order valence-electron chi connectivity index (χ1n) is 5.89. The number of unbranched alkanes of at least 4 members (excludes halogenated alkanes) is 1. The number of hydrogen-bond acceptors (Lipinski definition) is 1. The lowest BCUT2D eigenvalue weighted by molar-refractivity contribution is 0.932. The van der Waals surface area contributed by atoms with Gasteiger partial charge in [-0.15, -0.1) is 0 Å². The minimum Gasteiger partial charge on any atom is -0.264 e. The normalized spacial score (nSPS) is 11.8. The number of allylic oxidation sites excluding steroid dienone is 2. The predicted octanol–water partition coefficient (Wildman–Crippen LogP) is 4.37. The summed E-state index contributed by atoms with van der Waals surface area (Å²) in [5.41, 5.74) is 3.99. The molecule has 0 aliphatic carbocycles. The number of pyridine rings is 1. The molecule has 0 aliphatic rings. The molecule has 1 rings (SSSR count). The first-order valence-corrected chi connectivity index (χ1v) is 5.89. The van der Waals surface area contributed by atoms with Crippen LogP contribution in [0, 0.1) is 6.92 Å². The van der Waals surface area contributed by atoms with E-state index >= 15 is 0 Å². The number of rotatable bonds is 5. The fourth-order valence-electron chi connectivity index (χ4n) is 1.68. The van der Waals surface area contributed by atoms with Crippen molar-refractivity contribution in [1.29, 1.82) is 0 Å². The summed E-state index contributed by atoms with van der Waals surface area (Å²) in [6.45, 7) is 6.54. The topological polar surface area (TPSA) is 12.9 Å². The zero-order chi connectivity index (χ0) is 11.1. The van der Waals surface area contributed by atoms with Crippen molar-refractivity contribution in [3.05, 3.63) is 35.7 Å². The van der Waals surface area contributed by atoms with Crippen LogP contribution in [0.1, 0.15) is 50.7 Å². The molecule has 0 aromatic carbocycles. The van der Waals surface area contributed by atoms with Gasteiger partial charge in [0.15, 0.2) is 0 Å². The highest BCUT2D eigenvalue weighted by atomic mass is 14.6. The minimum absolute atomic E-state index is 1.16. The van der Waals surface area contributed by atoms with Gasteiger partial charge in [0.05, 0.1) is 0 Å². The van der Waals surface area contributed by atoms with Gasteiger partial charge in [-0.3, -0.25) is 4.98 Å². The molecule has 82 valence electrons. The van der Waals surface area contributed by atoms with E-state index in [4.69, 9.17) is 0 Å². The third kappa shape index (κ3) is 3.86. The molecule has 0 amide bonds. The third-order valence-corrected chi connectivity index (χ3v) is 2.44. The van der Waals surface area contributed by atoms with E-state index in [0.717, 1.165) is 6.42 Å². The molecule has 0 N–H and O–H groups in total. The predicted molar refractivity (Wildman–Crippen MR) is 66.8 cm³/mol. The maximum Gasteiger partial charge on any atom is 0.0343 e. The smallest absolute Gasteiger partial charge is 0.0343 e.